The van der Waals surface area contributed by atoms with E-state index in [2.05, 4.69) is 12.2 Å². The number of nitrogen functional groups attached to an aromatic ring is 1. The van der Waals surface area contributed by atoms with Crippen LogP contribution in [0.15, 0.2) is 48.5 Å². The average Bonchev–Trinajstić information content (AvgIpc) is 3.08. The Morgan fingerprint density at radius 3 is 2.47 bits per heavy atom. The standard InChI is InChI=1S/C25H29N5O2/c1-3-4-7-16-30-23(26)21(22-24(30)29-20-9-6-5-8-19(20)28-22)25(31)27-15-14-17-10-12-18(32-2)13-11-17/h5-6,8-13H,3-4,7,14-16,26H2,1-2H3,(H,27,31). The van der Waals surface area contributed by atoms with Crippen molar-refractivity contribution in [1.82, 2.24) is 19.9 Å². The largest absolute Gasteiger partial charge is 0.497 e. The van der Waals surface area contributed by atoms with E-state index in [1.807, 2.05) is 53.1 Å². The monoisotopic (exact) mass is 431 g/mol. The van der Waals surface area contributed by atoms with Crippen LogP contribution in [0.1, 0.15) is 42.1 Å². The number of ether oxygens (including phenoxy) is 1. The number of para-hydroxylation sites is 2. The zero-order chi connectivity index (χ0) is 22.5. The lowest BCUT2D eigenvalue weighted by molar-refractivity contribution is 0.0956. The number of aromatic nitrogens is 3. The molecule has 7 heteroatoms. The van der Waals surface area contributed by atoms with Gasteiger partial charge in [0, 0.05) is 13.1 Å². The lowest BCUT2D eigenvalue weighted by atomic mass is 10.1. The normalized spacial score (nSPS) is 11.2. The van der Waals surface area contributed by atoms with Crippen LogP contribution >= 0.6 is 0 Å². The van der Waals surface area contributed by atoms with Gasteiger partial charge in [0.1, 0.15) is 22.6 Å². The van der Waals surface area contributed by atoms with Gasteiger partial charge < -0.3 is 20.4 Å². The summed E-state index contributed by atoms with van der Waals surface area (Å²) in [7, 11) is 1.64. The third kappa shape index (κ3) is 4.37. The molecule has 4 rings (SSSR count). The number of nitrogens with two attached hydrogens (primary N) is 1. The molecule has 0 unspecified atom stereocenters. The van der Waals surface area contributed by atoms with E-state index >= 15 is 0 Å². The van der Waals surface area contributed by atoms with Crippen molar-refractivity contribution < 1.29 is 9.53 Å². The number of benzene rings is 2. The number of unbranched alkanes of at least 4 members (excludes halogenated alkanes) is 2. The number of nitrogens with zero attached hydrogens (tertiary/aromatic N) is 3. The Morgan fingerprint density at radius 2 is 1.78 bits per heavy atom. The molecule has 3 N–H and O–H groups in total. The molecule has 0 atom stereocenters. The first kappa shape index (κ1) is 21.6. The van der Waals surface area contributed by atoms with Crippen LogP contribution in [0.2, 0.25) is 0 Å². The lowest BCUT2D eigenvalue weighted by Crippen LogP contribution is -2.26. The van der Waals surface area contributed by atoms with Gasteiger partial charge in [-0.05, 0) is 42.7 Å². The fraction of sp³-hybridized carbons (Fsp3) is 0.320. The first-order valence-electron chi connectivity index (χ1n) is 11.1. The van der Waals surface area contributed by atoms with Gasteiger partial charge in [-0.25, -0.2) is 9.97 Å². The van der Waals surface area contributed by atoms with Crippen LogP contribution in [-0.4, -0.2) is 34.1 Å². The van der Waals surface area contributed by atoms with Crippen molar-refractivity contribution in [2.75, 3.05) is 19.4 Å². The molecule has 0 saturated heterocycles. The van der Waals surface area contributed by atoms with Gasteiger partial charge in [-0.15, -0.1) is 0 Å². The molecule has 0 aliphatic carbocycles. The van der Waals surface area contributed by atoms with Crippen molar-refractivity contribution in [2.24, 2.45) is 0 Å². The predicted octanol–water partition coefficient (Wildman–Crippen LogP) is 4.34. The second-order valence-corrected chi connectivity index (χ2v) is 7.86. The minimum Gasteiger partial charge on any atom is -0.497 e. The second-order valence-electron chi connectivity index (χ2n) is 7.86. The molecule has 0 fully saturated rings. The van der Waals surface area contributed by atoms with Crippen LogP contribution in [0, 0.1) is 0 Å². The van der Waals surface area contributed by atoms with E-state index in [0.29, 0.717) is 42.1 Å². The number of methoxy groups -OCH3 is 1. The number of carbonyl (C=O) groups is 1. The molecule has 0 aliphatic rings. The highest BCUT2D eigenvalue weighted by Gasteiger charge is 2.23. The number of amides is 1. The van der Waals surface area contributed by atoms with Crippen molar-refractivity contribution in [3.63, 3.8) is 0 Å². The summed E-state index contributed by atoms with van der Waals surface area (Å²) in [6.07, 6.45) is 3.87. The number of aryl methyl sites for hydroxylation is 1. The molecule has 2 aromatic heterocycles. The van der Waals surface area contributed by atoms with E-state index in [1.54, 1.807) is 7.11 Å². The third-order valence-corrected chi connectivity index (χ3v) is 5.66. The van der Waals surface area contributed by atoms with E-state index in [0.717, 1.165) is 41.6 Å². The maximum atomic E-state index is 13.2. The van der Waals surface area contributed by atoms with E-state index < -0.39 is 0 Å². The summed E-state index contributed by atoms with van der Waals surface area (Å²) in [6.45, 7) is 3.36. The van der Waals surface area contributed by atoms with Gasteiger partial charge in [0.25, 0.3) is 5.91 Å². The van der Waals surface area contributed by atoms with Crippen molar-refractivity contribution in [3.8, 4) is 5.75 Å². The second kappa shape index (κ2) is 9.68. The third-order valence-electron chi connectivity index (χ3n) is 5.66. The van der Waals surface area contributed by atoms with Crippen LogP contribution in [0.3, 0.4) is 0 Å². The van der Waals surface area contributed by atoms with Crippen molar-refractivity contribution in [3.05, 3.63) is 59.7 Å². The Morgan fingerprint density at radius 1 is 1.06 bits per heavy atom. The molecule has 2 aromatic carbocycles. The zero-order valence-electron chi connectivity index (χ0n) is 18.6. The van der Waals surface area contributed by atoms with Gasteiger partial charge in [-0.2, -0.15) is 0 Å². The van der Waals surface area contributed by atoms with Gasteiger partial charge in [-0.3, -0.25) is 4.79 Å². The van der Waals surface area contributed by atoms with E-state index in [1.165, 1.54) is 0 Å². The van der Waals surface area contributed by atoms with Crippen molar-refractivity contribution in [2.45, 2.75) is 39.2 Å². The van der Waals surface area contributed by atoms with Gasteiger partial charge in [0.2, 0.25) is 0 Å². The molecule has 0 bridgehead atoms. The summed E-state index contributed by atoms with van der Waals surface area (Å²) in [6, 6.07) is 15.5. The maximum Gasteiger partial charge on any atom is 0.257 e. The Bertz CT molecular complexity index is 1230. The smallest absolute Gasteiger partial charge is 0.257 e. The summed E-state index contributed by atoms with van der Waals surface area (Å²) in [4.78, 5) is 22.7. The van der Waals surface area contributed by atoms with Crippen LogP contribution in [0.25, 0.3) is 22.2 Å². The topological polar surface area (TPSA) is 95.1 Å². The number of carbonyl (C=O) groups excluding carboxylic acids is 1. The van der Waals surface area contributed by atoms with Crippen LogP contribution in [0.5, 0.6) is 5.75 Å². The summed E-state index contributed by atoms with van der Waals surface area (Å²) in [5, 5.41) is 3.01. The highest BCUT2D eigenvalue weighted by atomic mass is 16.5. The Hall–Kier alpha value is -3.61. The molecule has 0 spiro atoms. The number of rotatable bonds is 9. The van der Waals surface area contributed by atoms with Gasteiger partial charge >= 0.3 is 0 Å². The maximum absolute atomic E-state index is 13.2. The molecule has 4 aromatic rings. The minimum atomic E-state index is -0.222. The van der Waals surface area contributed by atoms with E-state index in [-0.39, 0.29) is 5.91 Å². The summed E-state index contributed by atoms with van der Waals surface area (Å²) < 4.78 is 7.13. The minimum absolute atomic E-state index is 0.222. The highest BCUT2D eigenvalue weighted by molar-refractivity contribution is 6.10. The van der Waals surface area contributed by atoms with Gasteiger partial charge in [0.15, 0.2) is 5.65 Å². The first-order chi connectivity index (χ1) is 15.6. The molecule has 2 heterocycles. The first-order valence-corrected chi connectivity index (χ1v) is 11.1. The average molecular weight is 432 g/mol. The number of nitrogens with one attached hydrogen (secondary N) is 1. The lowest BCUT2D eigenvalue weighted by Gasteiger charge is -2.08. The molecular weight excluding hydrogens is 402 g/mol. The molecular formula is C25H29N5O2. The molecule has 0 saturated carbocycles. The fourth-order valence-electron chi connectivity index (χ4n) is 3.89. The Kier molecular flexibility index (Phi) is 6.54. The van der Waals surface area contributed by atoms with Crippen LogP contribution in [0.4, 0.5) is 5.82 Å². The van der Waals surface area contributed by atoms with Crippen molar-refractivity contribution in [1.29, 1.82) is 0 Å². The molecule has 0 radical (unpaired) electrons. The van der Waals surface area contributed by atoms with Crippen LogP contribution < -0.4 is 15.8 Å². The van der Waals surface area contributed by atoms with E-state index in [9.17, 15) is 4.79 Å². The summed E-state index contributed by atoms with van der Waals surface area (Å²) >= 11 is 0. The van der Waals surface area contributed by atoms with E-state index in [4.69, 9.17) is 20.4 Å². The zero-order valence-corrected chi connectivity index (χ0v) is 18.6. The Labute approximate surface area is 187 Å². The Balaban J connectivity index is 1.61. The van der Waals surface area contributed by atoms with Gasteiger partial charge in [-0.1, -0.05) is 44.0 Å². The fourth-order valence-corrected chi connectivity index (χ4v) is 3.89. The predicted molar refractivity (Wildman–Crippen MR) is 128 cm³/mol. The molecule has 166 valence electrons. The quantitative estimate of drug-likeness (QED) is 0.385. The number of hydrogen-bond donors (Lipinski definition) is 2. The molecule has 32 heavy (non-hydrogen) atoms. The molecule has 0 aliphatic heterocycles. The number of hydrogen-bond acceptors (Lipinski definition) is 5. The van der Waals surface area contributed by atoms with Gasteiger partial charge in [0.05, 0.1) is 18.1 Å². The van der Waals surface area contributed by atoms with Crippen molar-refractivity contribution >= 4 is 33.9 Å². The summed E-state index contributed by atoms with van der Waals surface area (Å²) in [5.74, 6) is 1.01. The summed E-state index contributed by atoms with van der Waals surface area (Å²) in [5.41, 5.74) is 10.8. The number of anilines is 1. The molecule has 1 amide bonds. The SMILES string of the molecule is CCCCCn1c(N)c(C(=O)NCCc2ccc(OC)cc2)c2nc3ccccc3nc21. The highest BCUT2D eigenvalue weighted by Crippen LogP contribution is 2.28. The molecule has 7 nitrogen and oxygen atoms in total. The number of fused-ring (bicyclic) bond motifs is 2. The van der Waals surface area contributed by atoms with Crippen LogP contribution in [-0.2, 0) is 13.0 Å².